The molecule has 1 saturated carbocycles. The van der Waals surface area contributed by atoms with Crippen molar-refractivity contribution in [1.82, 2.24) is 19.7 Å². The lowest BCUT2D eigenvalue weighted by Gasteiger charge is -2.29. The summed E-state index contributed by atoms with van der Waals surface area (Å²) in [7, 11) is -0.342. The zero-order valence-electron chi connectivity index (χ0n) is 28.8. The first-order valence-electron chi connectivity index (χ1n) is 16.2. The molecule has 2 aromatic carbocycles. The Morgan fingerprint density at radius 3 is 2.42 bits per heavy atom. The Morgan fingerprint density at radius 1 is 1.06 bits per heavy atom. The number of nitrogens with zero attached hydrogens (tertiary/aromatic N) is 7. The second-order valence-corrected chi connectivity index (χ2v) is 16.0. The maximum absolute atomic E-state index is 13.8. The average Bonchev–Trinajstić information content (AvgIpc) is 3.68. The maximum atomic E-state index is 13.8. The van der Waals surface area contributed by atoms with Gasteiger partial charge in [0.15, 0.2) is 27.3 Å². The molecule has 2 amide bonds. The van der Waals surface area contributed by atoms with Gasteiger partial charge in [-0.05, 0) is 68.7 Å². The van der Waals surface area contributed by atoms with E-state index in [2.05, 4.69) is 20.4 Å². The molecule has 17 nitrogen and oxygen atoms in total. The number of imide groups is 1. The molecule has 2 fully saturated rings. The summed E-state index contributed by atoms with van der Waals surface area (Å²) in [4.78, 5) is 50.7. The number of methoxy groups -OCH3 is 2. The first kappa shape index (κ1) is 34.5. The fraction of sp³-hybridized carbons (Fsp3) is 0.382. The molecular formula is C34H34N8O9S. The highest BCUT2D eigenvalue weighted by atomic mass is 32.2. The van der Waals surface area contributed by atoms with E-state index in [-0.39, 0.29) is 59.3 Å². The Kier molecular flexibility index (Phi) is 8.01. The monoisotopic (exact) mass is 730 g/mol. The van der Waals surface area contributed by atoms with Crippen LogP contribution in [0.1, 0.15) is 50.1 Å². The predicted molar refractivity (Wildman–Crippen MR) is 186 cm³/mol. The highest BCUT2D eigenvalue weighted by molar-refractivity contribution is 7.91. The van der Waals surface area contributed by atoms with Crippen LogP contribution in [0.15, 0.2) is 36.4 Å². The summed E-state index contributed by atoms with van der Waals surface area (Å²) >= 11 is 0. The average molecular weight is 731 g/mol. The molecular weight excluding hydrogens is 696 g/mol. The Labute approximate surface area is 297 Å². The number of hydrogen-bond acceptors (Lipinski definition) is 14. The summed E-state index contributed by atoms with van der Waals surface area (Å²) in [6.07, 6.45) is -1.86. The number of benzene rings is 2. The number of carbonyl (C=O) groups excluding carboxylic acids is 2. The molecule has 4 aromatic rings. The van der Waals surface area contributed by atoms with E-state index in [9.17, 15) is 33.2 Å². The van der Waals surface area contributed by atoms with Crippen molar-refractivity contribution in [2.24, 2.45) is 0 Å². The van der Waals surface area contributed by atoms with Gasteiger partial charge in [-0.1, -0.05) is 6.07 Å². The molecule has 18 heteroatoms. The van der Waals surface area contributed by atoms with Crippen molar-refractivity contribution >= 4 is 62.0 Å². The Morgan fingerprint density at radius 2 is 1.79 bits per heavy atom. The smallest absolute Gasteiger partial charge is 0.435 e. The van der Waals surface area contributed by atoms with E-state index in [1.807, 2.05) is 6.07 Å². The SMILES string of the molecule is COc1ccc2c(c1)[C@]1(CC1c1ccc3c(Nc4nc(C#N)nc(N5CCS(=O)(=O)CC5)c4OC)nn(C(=O)OC(C)(C)C)c3c1)C(=O)N2C(=O)O. The van der Waals surface area contributed by atoms with Crippen molar-refractivity contribution in [3.05, 3.63) is 53.3 Å². The number of nitriles is 1. The largest absolute Gasteiger partial charge is 0.497 e. The van der Waals surface area contributed by atoms with Gasteiger partial charge in [0, 0.05) is 24.4 Å². The van der Waals surface area contributed by atoms with Crippen molar-refractivity contribution in [3.8, 4) is 17.6 Å². The number of fused-ring (bicyclic) bond motifs is 3. The van der Waals surface area contributed by atoms with Crippen LogP contribution >= 0.6 is 0 Å². The fourth-order valence-electron chi connectivity index (χ4n) is 6.91. The van der Waals surface area contributed by atoms with Crippen molar-refractivity contribution < 1.29 is 42.1 Å². The van der Waals surface area contributed by atoms with Gasteiger partial charge < -0.3 is 29.5 Å². The molecule has 1 saturated heterocycles. The molecule has 3 aliphatic rings. The molecule has 0 bridgehead atoms. The van der Waals surface area contributed by atoms with Gasteiger partial charge in [-0.2, -0.15) is 19.9 Å². The number of amides is 2. The minimum absolute atomic E-state index is 0.0503. The zero-order valence-corrected chi connectivity index (χ0v) is 29.6. The zero-order chi connectivity index (χ0) is 37.3. The van der Waals surface area contributed by atoms with Crippen LogP contribution in [0.3, 0.4) is 0 Å². The quantitative estimate of drug-likeness (QED) is 0.287. The molecule has 1 spiro atoms. The van der Waals surface area contributed by atoms with Crippen LogP contribution in [-0.4, -0.2) is 95.8 Å². The van der Waals surface area contributed by atoms with E-state index in [4.69, 9.17) is 14.2 Å². The van der Waals surface area contributed by atoms with E-state index in [0.29, 0.717) is 34.2 Å². The van der Waals surface area contributed by atoms with E-state index >= 15 is 0 Å². The van der Waals surface area contributed by atoms with Gasteiger partial charge in [-0.25, -0.2) is 22.9 Å². The molecule has 2 N–H and O–H groups in total. The molecule has 52 heavy (non-hydrogen) atoms. The summed E-state index contributed by atoms with van der Waals surface area (Å²) in [6, 6.07) is 12.0. The summed E-state index contributed by atoms with van der Waals surface area (Å²) in [5.74, 6) is -0.382. The van der Waals surface area contributed by atoms with Crippen LogP contribution in [0.25, 0.3) is 10.9 Å². The summed E-state index contributed by atoms with van der Waals surface area (Å²) in [6.45, 7) is 5.40. The van der Waals surface area contributed by atoms with Crippen molar-refractivity contribution in [2.45, 2.75) is 44.1 Å². The third-order valence-electron chi connectivity index (χ3n) is 9.37. The number of sulfone groups is 1. The third kappa shape index (κ3) is 5.66. The fourth-order valence-corrected chi connectivity index (χ4v) is 8.11. The number of aromatic nitrogens is 4. The first-order valence-corrected chi connectivity index (χ1v) is 18.0. The maximum Gasteiger partial charge on any atom is 0.435 e. The number of carbonyl (C=O) groups is 3. The van der Waals surface area contributed by atoms with Crippen LogP contribution in [0.2, 0.25) is 0 Å². The third-order valence-corrected chi connectivity index (χ3v) is 11.0. The molecule has 1 unspecified atom stereocenters. The lowest BCUT2D eigenvalue weighted by molar-refractivity contribution is -0.119. The van der Waals surface area contributed by atoms with Gasteiger partial charge >= 0.3 is 12.2 Å². The van der Waals surface area contributed by atoms with Gasteiger partial charge in [0.1, 0.15) is 17.4 Å². The Balaban J connectivity index is 1.32. The van der Waals surface area contributed by atoms with Crippen LogP contribution in [-0.2, 0) is 24.8 Å². The highest BCUT2D eigenvalue weighted by Gasteiger charge is 2.68. The van der Waals surface area contributed by atoms with Crippen LogP contribution < -0.4 is 24.6 Å². The summed E-state index contributed by atoms with van der Waals surface area (Å²) in [5, 5.41) is 27.8. The van der Waals surface area contributed by atoms with Gasteiger partial charge in [0.2, 0.25) is 17.5 Å². The molecule has 7 rings (SSSR count). The highest BCUT2D eigenvalue weighted by Crippen LogP contribution is 2.67. The topological polar surface area (TPSA) is 219 Å². The van der Waals surface area contributed by atoms with E-state index < -0.39 is 44.9 Å². The van der Waals surface area contributed by atoms with Crippen LogP contribution in [0.4, 0.5) is 32.7 Å². The molecule has 0 radical (unpaired) electrons. The first-order chi connectivity index (χ1) is 24.6. The van der Waals surface area contributed by atoms with Gasteiger partial charge in [0.05, 0.1) is 42.3 Å². The standard InChI is InChI=1S/C34H34N8O9S/c1-33(2,3)51-32(46)42-24-14-18(22-16-34(22)21-15-19(49-4)7-9-23(21)41(30(34)43)31(44)45)6-8-20(24)27(39-42)38-28-26(50-5)29(37-25(17-35)36-28)40-10-12-52(47,48)13-11-40/h6-9,14-15,22H,10-13,16H2,1-5H3,(H,44,45)(H,36,37,38,39)/t22?,34-/m0/s1. The number of carboxylic acid groups (broad SMARTS) is 1. The summed E-state index contributed by atoms with van der Waals surface area (Å²) < 4.78 is 42.0. The van der Waals surface area contributed by atoms with E-state index in [1.54, 1.807) is 62.1 Å². The number of ether oxygens (including phenoxy) is 3. The van der Waals surface area contributed by atoms with E-state index in [0.717, 1.165) is 9.58 Å². The van der Waals surface area contributed by atoms with Gasteiger partial charge in [-0.3, -0.25) is 4.79 Å². The summed E-state index contributed by atoms with van der Waals surface area (Å²) in [5.41, 5.74) is -0.245. The number of nitrogens with one attached hydrogen (secondary N) is 1. The Bertz CT molecular complexity index is 2330. The minimum atomic E-state index is -3.22. The lowest BCUT2D eigenvalue weighted by Crippen LogP contribution is -2.41. The second kappa shape index (κ2) is 12.1. The second-order valence-electron chi connectivity index (χ2n) is 13.7. The predicted octanol–water partition coefficient (Wildman–Crippen LogP) is 3.93. The minimum Gasteiger partial charge on any atom is -0.497 e. The molecule has 4 heterocycles. The molecule has 2 aliphatic heterocycles. The molecule has 1 aliphatic carbocycles. The Hall–Kier alpha value is -5.96. The van der Waals surface area contributed by atoms with Crippen LogP contribution in [0, 0.1) is 11.3 Å². The number of rotatable bonds is 6. The number of hydrogen-bond donors (Lipinski definition) is 2. The van der Waals surface area contributed by atoms with Gasteiger partial charge in [0.25, 0.3) is 0 Å². The molecule has 2 aromatic heterocycles. The van der Waals surface area contributed by atoms with E-state index in [1.165, 1.54) is 14.2 Å². The van der Waals surface area contributed by atoms with Crippen molar-refractivity contribution in [2.75, 3.05) is 53.9 Å². The van der Waals surface area contributed by atoms with Crippen molar-refractivity contribution in [3.63, 3.8) is 0 Å². The van der Waals surface area contributed by atoms with Crippen molar-refractivity contribution in [1.29, 1.82) is 5.26 Å². The molecule has 2 atom stereocenters. The lowest BCUT2D eigenvalue weighted by atomic mass is 9.91. The van der Waals surface area contributed by atoms with Crippen LogP contribution in [0.5, 0.6) is 11.5 Å². The molecule has 270 valence electrons. The van der Waals surface area contributed by atoms with Gasteiger partial charge in [-0.15, -0.1) is 5.10 Å². The number of anilines is 4. The normalized spacial score (nSPS) is 20.4.